The summed E-state index contributed by atoms with van der Waals surface area (Å²) >= 11 is 0. The van der Waals surface area contributed by atoms with Gasteiger partial charge in [0.25, 0.3) is 0 Å². The zero-order chi connectivity index (χ0) is 15.6. The molecule has 0 spiro atoms. The van der Waals surface area contributed by atoms with Gasteiger partial charge in [-0.3, -0.25) is 4.79 Å². The molecular weight excluding hydrogens is 319 g/mol. The molecule has 0 unspecified atom stereocenters. The van der Waals surface area contributed by atoms with Gasteiger partial charge in [0.1, 0.15) is 15.0 Å². The fraction of sp³-hybridized carbons (Fsp3) is 0.0714. The standard InChI is InChI=1S/C14H12O6S.Na/c1-20-13-11(15)8-7-10(14(13)21(17,18)19)12(16)9-5-3-2-4-6-9;/h2-8,15H,1H3,(H,17,18,19);/q;+1/p-1. The van der Waals surface area contributed by atoms with E-state index in [1.807, 2.05) is 0 Å². The van der Waals surface area contributed by atoms with Crippen molar-refractivity contribution in [1.29, 1.82) is 0 Å². The van der Waals surface area contributed by atoms with Crippen LogP contribution in [0.3, 0.4) is 0 Å². The summed E-state index contributed by atoms with van der Waals surface area (Å²) in [7, 11) is -3.91. The Labute approximate surface area is 149 Å². The van der Waals surface area contributed by atoms with Gasteiger partial charge >= 0.3 is 29.6 Å². The van der Waals surface area contributed by atoms with Gasteiger partial charge in [-0.25, -0.2) is 8.42 Å². The Morgan fingerprint density at radius 1 is 1.14 bits per heavy atom. The van der Waals surface area contributed by atoms with Gasteiger partial charge in [0.2, 0.25) is 0 Å². The molecule has 0 fully saturated rings. The number of rotatable bonds is 4. The molecule has 0 heterocycles. The topological polar surface area (TPSA) is 104 Å². The quantitative estimate of drug-likeness (QED) is 0.417. The molecule has 0 saturated carbocycles. The van der Waals surface area contributed by atoms with Crippen LogP contribution in [0.1, 0.15) is 15.9 Å². The first kappa shape index (κ1) is 18.7. The smallest absolute Gasteiger partial charge is 0.744 e. The van der Waals surface area contributed by atoms with Crippen molar-refractivity contribution >= 4 is 15.9 Å². The Kier molecular flexibility index (Phi) is 6.16. The van der Waals surface area contributed by atoms with Crippen LogP contribution in [0.25, 0.3) is 0 Å². The van der Waals surface area contributed by atoms with Crippen LogP contribution < -0.4 is 34.3 Å². The van der Waals surface area contributed by atoms with Crippen molar-refractivity contribution in [3.63, 3.8) is 0 Å². The normalized spacial score (nSPS) is 10.6. The Bertz CT molecular complexity index is 786. The third-order valence-corrected chi connectivity index (χ3v) is 3.73. The van der Waals surface area contributed by atoms with Crippen LogP contribution in [0, 0.1) is 0 Å². The summed E-state index contributed by atoms with van der Waals surface area (Å²) in [5.74, 6) is -1.72. The van der Waals surface area contributed by atoms with Crippen LogP contribution in [-0.4, -0.2) is 31.0 Å². The summed E-state index contributed by atoms with van der Waals surface area (Å²) in [6.07, 6.45) is 0. The third kappa shape index (κ3) is 3.68. The maximum Gasteiger partial charge on any atom is 1.00 e. The number of hydrogen-bond acceptors (Lipinski definition) is 6. The molecule has 0 aliphatic carbocycles. The zero-order valence-electron chi connectivity index (χ0n) is 11.9. The van der Waals surface area contributed by atoms with E-state index in [0.29, 0.717) is 0 Å². The molecule has 0 aliphatic rings. The maximum atomic E-state index is 12.4. The Morgan fingerprint density at radius 2 is 1.73 bits per heavy atom. The van der Waals surface area contributed by atoms with Crippen molar-refractivity contribution in [2.45, 2.75) is 4.90 Å². The van der Waals surface area contributed by atoms with Crippen LogP contribution >= 0.6 is 0 Å². The molecule has 0 aliphatic heterocycles. The second kappa shape index (κ2) is 7.26. The molecule has 0 saturated heterocycles. The number of carbonyl (C=O) groups is 1. The monoisotopic (exact) mass is 330 g/mol. The molecule has 6 nitrogen and oxygen atoms in total. The summed E-state index contributed by atoms with van der Waals surface area (Å²) in [5, 5.41) is 9.59. The number of hydrogen-bond donors (Lipinski definition) is 1. The molecule has 0 bridgehead atoms. The van der Waals surface area contributed by atoms with E-state index in [1.165, 1.54) is 12.1 Å². The van der Waals surface area contributed by atoms with E-state index in [1.54, 1.807) is 18.2 Å². The van der Waals surface area contributed by atoms with Crippen molar-refractivity contribution in [3.8, 4) is 11.5 Å². The number of methoxy groups -OCH3 is 1. The summed E-state index contributed by atoms with van der Waals surface area (Å²) < 4.78 is 39.0. The van der Waals surface area contributed by atoms with Gasteiger partial charge in [0.05, 0.1) is 7.11 Å². The first-order chi connectivity index (χ1) is 9.86. The van der Waals surface area contributed by atoms with E-state index in [0.717, 1.165) is 19.2 Å². The van der Waals surface area contributed by atoms with E-state index < -0.39 is 32.3 Å². The van der Waals surface area contributed by atoms with Gasteiger partial charge in [-0.05, 0) is 12.1 Å². The molecule has 2 aromatic carbocycles. The summed E-state index contributed by atoms with van der Waals surface area (Å²) in [6, 6.07) is 10.1. The molecule has 0 amide bonds. The Morgan fingerprint density at radius 3 is 2.23 bits per heavy atom. The average Bonchev–Trinajstić information content (AvgIpc) is 2.46. The summed E-state index contributed by atoms with van der Waals surface area (Å²) in [4.78, 5) is 11.5. The van der Waals surface area contributed by atoms with E-state index in [9.17, 15) is 22.9 Å². The largest absolute Gasteiger partial charge is 1.00 e. The zero-order valence-corrected chi connectivity index (χ0v) is 14.8. The molecule has 8 heteroatoms. The van der Waals surface area contributed by atoms with E-state index in [-0.39, 0.29) is 40.7 Å². The minimum absolute atomic E-state index is 0. The van der Waals surface area contributed by atoms with Crippen molar-refractivity contribution < 1.29 is 57.2 Å². The molecule has 0 aromatic heterocycles. The van der Waals surface area contributed by atoms with Gasteiger partial charge in [-0.2, -0.15) is 0 Å². The predicted molar refractivity (Wildman–Crippen MR) is 72.5 cm³/mol. The number of phenolic OH excluding ortho intramolecular Hbond substituents is 1. The molecular formula is C14H11NaO6S. The molecule has 0 atom stereocenters. The van der Waals surface area contributed by atoms with Crippen molar-refractivity contribution in [3.05, 3.63) is 53.6 Å². The summed E-state index contributed by atoms with van der Waals surface area (Å²) in [5.41, 5.74) is -0.124. The van der Waals surface area contributed by atoms with E-state index >= 15 is 0 Å². The fourth-order valence-corrected chi connectivity index (χ4v) is 2.77. The van der Waals surface area contributed by atoms with Crippen molar-refractivity contribution in [2.24, 2.45) is 0 Å². The predicted octanol–water partition coefficient (Wildman–Crippen LogP) is -1.46. The number of aromatic hydroxyl groups is 1. The number of phenols is 1. The van der Waals surface area contributed by atoms with Crippen molar-refractivity contribution in [1.82, 2.24) is 0 Å². The maximum absolute atomic E-state index is 12.4. The van der Waals surface area contributed by atoms with Crippen LogP contribution in [0.2, 0.25) is 0 Å². The van der Waals surface area contributed by atoms with Crippen LogP contribution in [0.15, 0.2) is 47.4 Å². The van der Waals surface area contributed by atoms with Crippen LogP contribution in [-0.2, 0) is 10.1 Å². The second-order valence-corrected chi connectivity index (χ2v) is 5.46. The minimum atomic E-state index is -5.01. The number of ketones is 1. The second-order valence-electron chi connectivity index (χ2n) is 4.14. The molecule has 2 rings (SSSR count). The minimum Gasteiger partial charge on any atom is -0.744 e. The number of benzene rings is 2. The Hall–Kier alpha value is -1.38. The molecule has 0 radical (unpaired) electrons. The summed E-state index contributed by atoms with van der Waals surface area (Å²) in [6.45, 7) is 0. The van der Waals surface area contributed by atoms with Gasteiger partial charge in [0, 0.05) is 11.1 Å². The van der Waals surface area contributed by atoms with E-state index in [2.05, 4.69) is 0 Å². The molecule has 110 valence electrons. The van der Waals surface area contributed by atoms with Gasteiger partial charge < -0.3 is 14.4 Å². The third-order valence-electron chi connectivity index (χ3n) is 2.83. The van der Waals surface area contributed by atoms with Crippen LogP contribution in [0.4, 0.5) is 0 Å². The average molecular weight is 330 g/mol. The number of carbonyl (C=O) groups excluding carboxylic acids is 1. The van der Waals surface area contributed by atoms with Gasteiger partial charge in [-0.1, -0.05) is 30.3 Å². The van der Waals surface area contributed by atoms with Gasteiger partial charge in [0.15, 0.2) is 17.3 Å². The fourth-order valence-electron chi connectivity index (χ4n) is 1.92. The molecule has 2 aromatic rings. The molecule has 1 N–H and O–H groups in total. The van der Waals surface area contributed by atoms with Crippen molar-refractivity contribution in [2.75, 3.05) is 7.11 Å². The van der Waals surface area contributed by atoms with Crippen LogP contribution in [0.5, 0.6) is 11.5 Å². The molecule has 22 heavy (non-hydrogen) atoms. The number of ether oxygens (including phenoxy) is 1. The first-order valence-electron chi connectivity index (χ1n) is 5.82. The van der Waals surface area contributed by atoms with E-state index in [4.69, 9.17) is 4.74 Å². The van der Waals surface area contributed by atoms with Gasteiger partial charge in [-0.15, -0.1) is 0 Å². The first-order valence-corrected chi connectivity index (χ1v) is 7.22. The SMILES string of the molecule is COc1c(O)ccc(C(=O)c2ccccc2)c1S(=O)(=O)[O-].[Na+]. The Balaban J connectivity index is 0.00000242.